The second kappa shape index (κ2) is 8.11. The van der Waals surface area contributed by atoms with E-state index in [2.05, 4.69) is 49.8 Å². The first-order valence-electron chi connectivity index (χ1n) is 8.42. The summed E-state index contributed by atoms with van der Waals surface area (Å²) in [5.41, 5.74) is 3.28. The Morgan fingerprint density at radius 3 is 2.60 bits per heavy atom. The third-order valence-electron chi connectivity index (χ3n) is 4.13. The van der Waals surface area contributed by atoms with Gasteiger partial charge in [0.05, 0.1) is 7.11 Å². The van der Waals surface area contributed by atoms with E-state index >= 15 is 0 Å². The minimum atomic E-state index is 0.429. The van der Waals surface area contributed by atoms with Gasteiger partial charge < -0.3 is 20.3 Å². The van der Waals surface area contributed by atoms with E-state index in [1.165, 1.54) is 24.1 Å². The Morgan fingerprint density at radius 1 is 1.20 bits per heavy atom. The summed E-state index contributed by atoms with van der Waals surface area (Å²) in [5, 5.41) is 6.66. The number of methoxy groups -OCH3 is 1. The van der Waals surface area contributed by atoms with Gasteiger partial charge in [0.25, 0.3) is 0 Å². The molecule has 132 valence electrons. The predicted octanol–water partition coefficient (Wildman–Crippen LogP) is 2.88. The fraction of sp³-hybridized carbons (Fsp3) is 0.389. The van der Waals surface area contributed by atoms with Crippen molar-refractivity contribution in [3.05, 3.63) is 41.6 Å². The molecule has 1 aromatic carbocycles. The van der Waals surface area contributed by atoms with E-state index in [9.17, 15) is 0 Å². The summed E-state index contributed by atoms with van der Waals surface area (Å²) in [5.74, 6) is 0.939. The Bertz CT molecular complexity index is 729. The van der Waals surface area contributed by atoms with Crippen LogP contribution in [-0.2, 0) is 6.54 Å². The SMILES string of the molecule is COc1cc(C)nc(NC(=S)NCc2ccc(N3CCCC3)cc2)n1. The van der Waals surface area contributed by atoms with Crippen LogP contribution in [0.5, 0.6) is 5.88 Å². The van der Waals surface area contributed by atoms with Gasteiger partial charge >= 0.3 is 0 Å². The van der Waals surface area contributed by atoms with Gasteiger partial charge in [-0.15, -0.1) is 0 Å². The molecule has 0 spiro atoms. The standard InChI is InChI=1S/C18H23N5OS/c1-13-11-16(24-2)21-17(20-13)22-18(25)19-12-14-5-7-15(8-6-14)23-9-3-4-10-23/h5-8,11H,3-4,9-10,12H2,1-2H3,(H2,19,20,21,22,25). The Hall–Kier alpha value is -2.41. The Morgan fingerprint density at radius 2 is 1.92 bits per heavy atom. The minimum absolute atomic E-state index is 0.429. The second-order valence-electron chi connectivity index (χ2n) is 6.04. The molecule has 1 aliphatic rings. The van der Waals surface area contributed by atoms with Gasteiger partial charge in [-0.2, -0.15) is 4.98 Å². The maximum Gasteiger partial charge on any atom is 0.232 e. The zero-order chi connectivity index (χ0) is 17.6. The van der Waals surface area contributed by atoms with Crippen LogP contribution in [0.1, 0.15) is 24.1 Å². The summed E-state index contributed by atoms with van der Waals surface area (Å²) in [6.07, 6.45) is 2.57. The number of aromatic nitrogens is 2. The van der Waals surface area contributed by atoms with Gasteiger partial charge in [0.15, 0.2) is 5.11 Å². The summed E-state index contributed by atoms with van der Waals surface area (Å²) in [4.78, 5) is 10.9. The lowest BCUT2D eigenvalue weighted by atomic mass is 10.2. The van der Waals surface area contributed by atoms with E-state index in [-0.39, 0.29) is 0 Å². The molecular formula is C18H23N5OS. The number of nitrogens with one attached hydrogen (secondary N) is 2. The van der Waals surface area contributed by atoms with E-state index in [4.69, 9.17) is 17.0 Å². The molecule has 1 fully saturated rings. The average molecular weight is 357 g/mol. The molecule has 6 nitrogen and oxygen atoms in total. The minimum Gasteiger partial charge on any atom is -0.481 e. The molecule has 0 atom stereocenters. The largest absolute Gasteiger partial charge is 0.481 e. The monoisotopic (exact) mass is 357 g/mol. The van der Waals surface area contributed by atoms with Crippen LogP contribution in [0.15, 0.2) is 30.3 Å². The van der Waals surface area contributed by atoms with Crippen LogP contribution >= 0.6 is 12.2 Å². The predicted molar refractivity (Wildman–Crippen MR) is 104 cm³/mol. The van der Waals surface area contributed by atoms with Crippen molar-refractivity contribution in [3.8, 4) is 5.88 Å². The molecule has 0 radical (unpaired) electrons. The third kappa shape index (κ3) is 4.79. The van der Waals surface area contributed by atoms with Gasteiger partial charge in [-0.05, 0) is 49.7 Å². The number of rotatable bonds is 5. The van der Waals surface area contributed by atoms with Crippen LogP contribution in [0.4, 0.5) is 11.6 Å². The van der Waals surface area contributed by atoms with E-state index in [0.717, 1.165) is 18.8 Å². The van der Waals surface area contributed by atoms with Crippen LogP contribution in [0, 0.1) is 6.92 Å². The number of hydrogen-bond donors (Lipinski definition) is 2. The normalized spacial score (nSPS) is 13.6. The number of benzene rings is 1. The first kappa shape index (κ1) is 17.4. The van der Waals surface area contributed by atoms with Crippen LogP contribution in [0.25, 0.3) is 0 Å². The summed E-state index contributed by atoms with van der Waals surface area (Å²) < 4.78 is 5.14. The summed E-state index contributed by atoms with van der Waals surface area (Å²) in [6, 6.07) is 10.4. The van der Waals surface area contributed by atoms with Crippen molar-refractivity contribution in [1.29, 1.82) is 0 Å². The van der Waals surface area contributed by atoms with Crippen molar-refractivity contribution >= 4 is 29.0 Å². The summed E-state index contributed by atoms with van der Waals surface area (Å²) >= 11 is 5.32. The lowest BCUT2D eigenvalue weighted by Crippen LogP contribution is -2.28. The molecule has 7 heteroatoms. The highest BCUT2D eigenvalue weighted by atomic mass is 32.1. The van der Waals surface area contributed by atoms with E-state index in [0.29, 0.717) is 23.5 Å². The Kier molecular flexibility index (Phi) is 5.65. The van der Waals surface area contributed by atoms with Crippen LogP contribution in [0.3, 0.4) is 0 Å². The Balaban J connectivity index is 1.52. The first-order valence-corrected chi connectivity index (χ1v) is 8.83. The van der Waals surface area contributed by atoms with Crippen molar-refractivity contribution < 1.29 is 4.74 Å². The molecule has 25 heavy (non-hydrogen) atoms. The molecule has 1 aromatic heterocycles. The lowest BCUT2D eigenvalue weighted by Gasteiger charge is -2.18. The van der Waals surface area contributed by atoms with Gasteiger partial charge in [0.2, 0.25) is 11.8 Å². The van der Waals surface area contributed by atoms with Crippen molar-refractivity contribution in [1.82, 2.24) is 15.3 Å². The van der Waals surface area contributed by atoms with E-state index in [1.54, 1.807) is 13.2 Å². The van der Waals surface area contributed by atoms with Crippen molar-refractivity contribution in [3.63, 3.8) is 0 Å². The zero-order valence-electron chi connectivity index (χ0n) is 14.6. The van der Waals surface area contributed by atoms with Crippen LogP contribution in [0.2, 0.25) is 0 Å². The molecule has 0 unspecified atom stereocenters. The molecule has 0 aliphatic carbocycles. The third-order valence-corrected chi connectivity index (χ3v) is 4.37. The van der Waals surface area contributed by atoms with Crippen LogP contribution < -0.4 is 20.3 Å². The number of ether oxygens (including phenoxy) is 1. The fourth-order valence-electron chi connectivity index (χ4n) is 2.83. The number of anilines is 2. The van der Waals surface area contributed by atoms with Gasteiger partial charge in [-0.1, -0.05) is 12.1 Å². The molecule has 3 rings (SSSR count). The fourth-order valence-corrected chi connectivity index (χ4v) is 2.99. The lowest BCUT2D eigenvalue weighted by molar-refractivity contribution is 0.397. The van der Waals surface area contributed by atoms with Gasteiger partial charge in [-0.3, -0.25) is 0 Å². The quantitative estimate of drug-likeness (QED) is 0.798. The van der Waals surface area contributed by atoms with E-state index in [1.807, 2.05) is 6.92 Å². The van der Waals surface area contributed by atoms with Crippen LogP contribution in [-0.4, -0.2) is 35.3 Å². The number of hydrogen-bond acceptors (Lipinski definition) is 5. The van der Waals surface area contributed by atoms with Crippen molar-refractivity contribution in [2.24, 2.45) is 0 Å². The van der Waals surface area contributed by atoms with Gasteiger partial charge in [0.1, 0.15) is 0 Å². The number of aryl methyl sites for hydroxylation is 1. The topological polar surface area (TPSA) is 62.3 Å². The zero-order valence-corrected chi connectivity index (χ0v) is 15.4. The maximum atomic E-state index is 5.32. The molecular weight excluding hydrogens is 334 g/mol. The van der Waals surface area contributed by atoms with Crippen molar-refractivity contribution in [2.75, 3.05) is 30.4 Å². The smallest absolute Gasteiger partial charge is 0.232 e. The molecule has 0 saturated carbocycles. The molecule has 2 aromatic rings. The second-order valence-corrected chi connectivity index (χ2v) is 6.45. The number of thiocarbonyl (C=S) groups is 1. The Labute approximate surface area is 153 Å². The summed E-state index contributed by atoms with van der Waals surface area (Å²) in [6.45, 7) is 4.85. The molecule has 2 N–H and O–H groups in total. The van der Waals surface area contributed by atoms with Gasteiger partial charge in [-0.25, -0.2) is 4.98 Å². The van der Waals surface area contributed by atoms with Crippen molar-refractivity contribution in [2.45, 2.75) is 26.3 Å². The molecule has 0 amide bonds. The summed E-state index contributed by atoms with van der Waals surface area (Å²) in [7, 11) is 1.58. The first-order chi connectivity index (χ1) is 12.1. The highest BCUT2D eigenvalue weighted by Crippen LogP contribution is 2.20. The highest BCUT2D eigenvalue weighted by Gasteiger charge is 2.11. The molecule has 2 heterocycles. The van der Waals surface area contributed by atoms with E-state index < -0.39 is 0 Å². The number of nitrogens with zero attached hydrogens (tertiary/aromatic N) is 3. The highest BCUT2D eigenvalue weighted by molar-refractivity contribution is 7.80. The molecule has 1 aliphatic heterocycles. The maximum absolute atomic E-state index is 5.32. The average Bonchev–Trinajstić information content (AvgIpc) is 3.14. The molecule has 0 bridgehead atoms. The van der Waals surface area contributed by atoms with Gasteiger partial charge in [0, 0.05) is 37.1 Å². The molecule has 1 saturated heterocycles.